The van der Waals surface area contributed by atoms with Crippen molar-refractivity contribution in [2.24, 2.45) is 0 Å². The van der Waals surface area contributed by atoms with E-state index in [9.17, 15) is 4.79 Å². The van der Waals surface area contributed by atoms with Crippen molar-refractivity contribution in [1.29, 1.82) is 0 Å². The molecule has 3 aliphatic heterocycles. The smallest absolute Gasteiger partial charge is 0.275 e. The number of benzene rings is 1. The number of rotatable bonds is 3. The van der Waals surface area contributed by atoms with Crippen molar-refractivity contribution in [2.75, 3.05) is 34.4 Å². The molecular formula is C22H30N2O5. The maximum atomic E-state index is 12.8. The van der Waals surface area contributed by atoms with Gasteiger partial charge in [-0.1, -0.05) is 0 Å². The number of nitrogens with one attached hydrogen (secondary N) is 1. The summed E-state index contributed by atoms with van der Waals surface area (Å²) in [7, 11) is 5.80. The maximum Gasteiger partial charge on any atom is 0.275 e. The Morgan fingerprint density at radius 2 is 1.90 bits per heavy atom. The van der Waals surface area contributed by atoms with E-state index in [2.05, 4.69) is 24.3 Å². The predicted octanol–water partition coefficient (Wildman–Crippen LogP) is 2.38. The maximum absolute atomic E-state index is 12.8. The first-order valence-corrected chi connectivity index (χ1v) is 10.5. The van der Waals surface area contributed by atoms with Gasteiger partial charge in [0.25, 0.3) is 11.7 Å². The molecule has 3 atom stereocenters. The Balaban J connectivity index is 1.53. The molecule has 29 heavy (non-hydrogen) atoms. The van der Waals surface area contributed by atoms with E-state index in [4.69, 9.17) is 18.9 Å². The van der Waals surface area contributed by atoms with Crippen LogP contribution in [0.1, 0.15) is 54.1 Å². The molecule has 3 heterocycles. The lowest BCUT2D eigenvalue weighted by Gasteiger charge is -2.38. The molecule has 7 heteroatoms. The highest BCUT2D eigenvalue weighted by Gasteiger charge is 2.56. The van der Waals surface area contributed by atoms with Gasteiger partial charge in [-0.3, -0.25) is 4.79 Å². The van der Waals surface area contributed by atoms with Gasteiger partial charge in [-0.15, -0.1) is 0 Å². The molecule has 1 amide bonds. The quantitative estimate of drug-likeness (QED) is 0.837. The summed E-state index contributed by atoms with van der Waals surface area (Å²) >= 11 is 0. The number of amides is 1. The van der Waals surface area contributed by atoms with Crippen molar-refractivity contribution in [3.05, 3.63) is 16.7 Å². The zero-order chi connectivity index (χ0) is 20.6. The van der Waals surface area contributed by atoms with Crippen LogP contribution in [0.5, 0.6) is 17.2 Å². The van der Waals surface area contributed by atoms with Gasteiger partial charge >= 0.3 is 0 Å². The Labute approximate surface area is 171 Å². The van der Waals surface area contributed by atoms with E-state index >= 15 is 0 Å². The summed E-state index contributed by atoms with van der Waals surface area (Å²) in [5.74, 6) is 0.879. The van der Waals surface area contributed by atoms with E-state index in [-0.39, 0.29) is 17.4 Å². The lowest BCUT2D eigenvalue weighted by Crippen LogP contribution is -2.53. The Bertz CT molecular complexity index is 871. The zero-order valence-corrected chi connectivity index (χ0v) is 17.9. The van der Waals surface area contributed by atoms with Crippen LogP contribution in [-0.4, -0.2) is 63.1 Å². The van der Waals surface area contributed by atoms with Crippen molar-refractivity contribution >= 4 is 5.91 Å². The van der Waals surface area contributed by atoms with Crippen molar-refractivity contribution in [2.45, 2.75) is 62.9 Å². The van der Waals surface area contributed by atoms with Crippen LogP contribution in [-0.2, 0) is 10.2 Å². The highest BCUT2D eigenvalue weighted by Crippen LogP contribution is 2.61. The second-order valence-corrected chi connectivity index (χ2v) is 9.27. The second-order valence-electron chi connectivity index (χ2n) is 9.27. The predicted molar refractivity (Wildman–Crippen MR) is 107 cm³/mol. The number of fused-ring (bicyclic) bond motifs is 3. The second kappa shape index (κ2) is 6.25. The minimum Gasteiger partial charge on any atom is -0.492 e. The van der Waals surface area contributed by atoms with Gasteiger partial charge < -0.3 is 29.2 Å². The molecule has 1 saturated carbocycles. The molecule has 4 aliphatic rings. The van der Waals surface area contributed by atoms with E-state index in [0.717, 1.165) is 36.8 Å². The van der Waals surface area contributed by atoms with Crippen LogP contribution in [0.4, 0.5) is 0 Å². The summed E-state index contributed by atoms with van der Waals surface area (Å²) < 4.78 is 24.8. The van der Waals surface area contributed by atoms with E-state index < -0.39 is 5.79 Å². The molecule has 1 aliphatic carbocycles. The van der Waals surface area contributed by atoms with Crippen LogP contribution in [0.2, 0.25) is 0 Å². The van der Waals surface area contributed by atoms with Crippen LogP contribution in [0.25, 0.3) is 0 Å². The Hall–Kier alpha value is -1.99. The van der Waals surface area contributed by atoms with Gasteiger partial charge in [0.15, 0.2) is 11.5 Å². The summed E-state index contributed by atoms with van der Waals surface area (Å²) in [5, 5.41) is 3.05. The highest BCUT2D eigenvalue weighted by atomic mass is 16.8. The van der Waals surface area contributed by atoms with Gasteiger partial charge in [0.2, 0.25) is 5.75 Å². The zero-order valence-electron chi connectivity index (χ0n) is 17.9. The van der Waals surface area contributed by atoms with Crippen molar-refractivity contribution in [3.8, 4) is 17.2 Å². The topological polar surface area (TPSA) is 69.3 Å². The van der Waals surface area contributed by atoms with Crippen LogP contribution in [0.15, 0.2) is 0 Å². The van der Waals surface area contributed by atoms with Gasteiger partial charge in [0.05, 0.1) is 19.3 Å². The van der Waals surface area contributed by atoms with E-state index in [1.807, 2.05) is 13.8 Å². The minimum absolute atomic E-state index is 0.0308. The Kier molecular flexibility index (Phi) is 4.10. The molecule has 1 unspecified atom stereocenters. The monoisotopic (exact) mass is 402 g/mol. The third kappa shape index (κ3) is 2.66. The molecule has 158 valence electrons. The summed E-state index contributed by atoms with van der Waals surface area (Å²) in [6.07, 6.45) is 3.78. The van der Waals surface area contributed by atoms with Gasteiger partial charge in [-0.25, -0.2) is 0 Å². The summed E-state index contributed by atoms with van der Waals surface area (Å²) in [4.78, 5) is 15.0. The molecule has 1 saturated heterocycles. The Morgan fingerprint density at radius 3 is 2.48 bits per heavy atom. The number of carbonyl (C=O) groups is 1. The molecule has 5 rings (SSSR count). The SMILES string of the molecule is COc1c2c(c(C)c3c1C1(CC1)CNC3=O)OC(C)([C@@H]1CC[C@@H](N(C)C)CO1)O2. The van der Waals surface area contributed by atoms with Crippen LogP contribution < -0.4 is 19.5 Å². The highest BCUT2D eigenvalue weighted by molar-refractivity contribution is 6.01. The number of likely N-dealkylation sites (N-methyl/N-ethyl adjacent to an activating group) is 1. The molecular weight excluding hydrogens is 372 g/mol. The van der Waals surface area contributed by atoms with Crippen molar-refractivity contribution in [1.82, 2.24) is 10.2 Å². The molecule has 1 N–H and O–H groups in total. The number of methoxy groups -OCH3 is 1. The van der Waals surface area contributed by atoms with Crippen molar-refractivity contribution < 1.29 is 23.7 Å². The average Bonchev–Trinajstić information content (AvgIpc) is 3.39. The molecule has 1 aromatic carbocycles. The number of hydrogen-bond acceptors (Lipinski definition) is 6. The van der Waals surface area contributed by atoms with Gasteiger partial charge in [0, 0.05) is 36.1 Å². The molecule has 0 bridgehead atoms. The normalized spacial score (nSPS) is 31.6. The number of nitrogens with zero attached hydrogens (tertiary/aromatic N) is 1. The average molecular weight is 402 g/mol. The van der Waals surface area contributed by atoms with E-state index in [1.54, 1.807) is 7.11 Å². The van der Waals surface area contributed by atoms with Crippen molar-refractivity contribution in [3.63, 3.8) is 0 Å². The van der Waals surface area contributed by atoms with E-state index in [0.29, 0.717) is 42.0 Å². The van der Waals surface area contributed by atoms with Gasteiger partial charge in [-0.05, 0) is 46.7 Å². The first kappa shape index (κ1) is 19.0. The fraction of sp³-hybridized carbons (Fsp3) is 0.682. The third-order valence-electron chi connectivity index (χ3n) is 7.18. The molecule has 2 fully saturated rings. The van der Waals surface area contributed by atoms with Crippen LogP contribution in [0.3, 0.4) is 0 Å². The lowest BCUT2D eigenvalue weighted by atomic mass is 9.83. The molecule has 0 aromatic heterocycles. The Morgan fingerprint density at radius 1 is 1.17 bits per heavy atom. The fourth-order valence-electron chi connectivity index (χ4n) is 5.12. The first-order valence-electron chi connectivity index (χ1n) is 10.5. The number of hydrogen-bond donors (Lipinski definition) is 1. The first-order chi connectivity index (χ1) is 13.8. The number of carbonyl (C=O) groups excluding carboxylic acids is 1. The minimum atomic E-state index is -0.936. The molecule has 7 nitrogen and oxygen atoms in total. The van der Waals surface area contributed by atoms with E-state index in [1.165, 1.54) is 0 Å². The fourth-order valence-corrected chi connectivity index (χ4v) is 5.12. The third-order valence-corrected chi connectivity index (χ3v) is 7.18. The molecule has 1 aromatic rings. The lowest BCUT2D eigenvalue weighted by molar-refractivity contribution is -0.190. The molecule has 0 radical (unpaired) electrons. The largest absolute Gasteiger partial charge is 0.492 e. The standard InChI is InChI=1S/C22H30N2O5/c1-12-15-16(22(8-9-22)11-23-20(15)25)18(26-5)19-17(12)28-21(2,29-19)14-7-6-13(10-27-14)24(3)4/h13-14H,6-11H2,1-5H3,(H,23,25)/t13-,14+,21?/m1/s1. The van der Waals surface area contributed by atoms with Crippen LogP contribution in [0, 0.1) is 6.92 Å². The summed E-state index contributed by atoms with van der Waals surface area (Å²) in [6.45, 7) is 5.17. The van der Waals surface area contributed by atoms with Crippen LogP contribution >= 0.6 is 0 Å². The number of ether oxygens (including phenoxy) is 4. The summed E-state index contributed by atoms with van der Waals surface area (Å²) in [6, 6.07) is 0.403. The van der Waals surface area contributed by atoms with Gasteiger partial charge in [-0.2, -0.15) is 0 Å². The summed E-state index contributed by atoms with van der Waals surface area (Å²) in [5.41, 5.74) is 2.47. The molecule has 1 spiro atoms. The van der Waals surface area contributed by atoms with Gasteiger partial charge in [0.1, 0.15) is 6.10 Å².